The van der Waals surface area contributed by atoms with Gasteiger partial charge in [-0.05, 0) is 32.0 Å². The van der Waals surface area contributed by atoms with Crippen molar-refractivity contribution in [3.8, 4) is 5.75 Å². The number of hydrogen-bond acceptors (Lipinski definition) is 6. The summed E-state index contributed by atoms with van der Waals surface area (Å²) < 4.78 is 7.31. The van der Waals surface area contributed by atoms with E-state index in [1.807, 2.05) is 6.92 Å². The summed E-state index contributed by atoms with van der Waals surface area (Å²) in [7, 11) is 1.67. The second kappa shape index (κ2) is 7.12. The minimum absolute atomic E-state index is 0.340. The van der Waals surface area contributed by atoms with Gasteiger partial charge < -0.3 is 15.8 Å². The van der Waals surface area contributed by atoms with Crippen molar-refractivity contribution in [2.75, 3.05) is 0 Å². The predicted octanol–water partition coefficient (Wildman–Crippen LogP) is 1.52. The van der Waals surface area contributed by atoms with Crippen molar-refractivity contribution in [2.24, 2.45) is 12.8 Å². The van der Waals surface area contributed by atoms with Crippen LogP contribution in [-0.2, 0) is 18.4 Å². The Morgan fingerprint density at radius 2 is 2.19 bits per heavy atom. The number of primary amides is 1. The first-order valence-electron chi connectivity index (χ1n) is 7.95. The van der Waals surface area contributed by atoms with Crippen LogP contribution in [0.2, 0.25) is 0 Å². The van der Waals surface area contributed by atoms with Gasteiger partial charge in [-0.2, -0.15) is 5.10 Å². The van der Waals surface area contributed by atoms with Crippen LogP contribution in [0.15, 0.2) is 23.7 Å². The zero-order valence-electron chi connectivity index (χ0n) is 14.6. The highest BCUT2D eigenvalue weighted by Gasteiger charge is 2.20. The first-order valence-corrected chi connectivity index (χ1v) is 8.83. The van der Waals surface area contributed by atoms with E-state index >= 15 is 0 Å². The molecule has 0 aliphatic carbocycles. The van der Waals surface area contributed by atoms with E-state index in [2.05, 4.69) is 15.4 Å². The van der Waals surface area contributed by atoms with Crippen molar-refractivity contribution >= 4 is 34.1 Å². The van der Waals surface area contributed by atoms with Gasteiger partial charge in [0.05, 0.1) is 21.6 Å². The van der Waals surface area contributed by atoms with Gasteiger partial charge in [-0.3, -0.25) is 14.3 Å². The van der Waals surface area contributed by atoms with Crippen molar-refractivity contribution in [3.05, 3.63) is 40.0 Å². The highest BCUT2D eigenvalue weighted by atomic mass is 32.1. The minimum atomic E-state index is -0.777. The molecule has 8 nitrogen and oxygen atoms in total. The molecule has 136 valence electrons. The van der Waals surface area contributed by atoms with Crippen LogP contribution in [0, 0.1) is 6.92 Å². The van der Waals surface area contributed by atoms with Crippen LogP contribution >= 0.6 is 11.3 Å². The van der Waals surface area contributed by atoms with E-state index in [1.165, 1.54) is 22.9 Å². The monoisotopic (exact) mass is 373 g/mol. The van der Waals surface area contributed by atoms with E-state index in [9.17, 15) is 9.59 Å². The van der Waals surface area contributed by atoms with Crippen molar-refractivity contribution in [2.45, 2.75) is 26.5 Å². The van der Waals surface area contributed by atoms with Crippen LogP contribution in [0.3, 0.4) is 0 Å². The van der Waals surface area contributed by atoms with Crippen molar-refractivity contribution in [3.63, 3.8) is 0 Å². The number of aromatic nitrogens is 3. The van der Waals surface area contributed by atoms with Gasteiger partial charge >= 0.3 is 0 Å². The highest BCUT2D eigenvalue weighted by Crippen LogP contribution is 2.25. The number of nitrogens with zero attached hydrogens (tertiary/aromatic N) is 3. The van der Waals surface area contributed by atoms with E-state index in [4.69, 9.17) is 10.5 Å². The maximum Gasteiger partial charge on any atom is 0.270 e. The number of nitrogens with two attached hydrogens (primary N) is 1. The van der Waals surface area contributed by atoms with Crippen LogP contribution in [0.25, 0.3) is 10.9 Å². The molecular weight excluding hydrogens is 354 g/mol. The molecule has 3 aromatic rings. The molecule has 3 N–H and O–H groups in total. The van der Waals surface area contributed by atoms with E-state index in [-0.39, 0.29) is 0 Å². The Labute approximate surface area is 154 Å². The maximum absolute atomic E-state index is 12.5. The standard InChI is InChI=1S/C17H19N5O3S/c1-9-14(26-8-19-9)7-25-11-4-5-13-12(6-11)15(22(3)21-13)17(24)20-10(2)16(18)23/h4-6,8,10H,7H2,1-3H3,(H2,18,23)(H,20,24)/t10-/m0/s1. The first-order chi connectivity index (χ1) is 12.4. The quantitative estimate of drug-likeness (QED) is 0.680. The summed E-state index contributed by atoms with van der Waals surface area (Å²) in [4.78, 5) is 29.0. The topological polar surface area (TPSA) is 112 Å². The third kappa shape index (κ3) is 3.52. The molecule has 9 heteroatoms. The molecule has 1 aromatic carbocycles. The maximum atomic E-state index is 12.5. The molecule has 3 rings (SSSR count). The number of thiazole rings is 1. The summed E-state index contributed by atoms with van der Waals surface area (Å²) >= 11 is 1.53. The number of hydrogen-bond donors (Lipinski definition) is 2. The smallest absolute Gasteiger partial charge is 0.270 e. The number of rotatable bonds is 6. The molecule has 2 amide bonds. The molecule has 1 atom stereocenters. The summed E-state index contributed by atoms with van der Waals surface area (Å²) in [6.07, 6.45) is 0. The van der Waals surface area contributed by atoms with Crippen LogP contribution in [0.1, 0.15) is 28.0 Å². The predicted molar refractivity (Wildman–Crippen MR) is 98.0 cm³/mol. The molecule has 0 saturated heterocycles. The van der Waals surface area contributed by atoms with Gasteiger partial charge in [0.15, 0.2) is 0 Å². The molecule has 0 fully saturated rings. The number of fused-ring (bicyclic) bond motifs is 1. The molecule has 0 radical (unpaired) electrons. The van der Waals surface area contributed by atoms with E-state index in [0.717, 1.165) is 10.6 Å². The molecule has 2 heterocycles. The molecule has 2 aromatic heterocycles. The number of amides is 2. The fourth-order valence-electron chi connectivity index (χ4n) is 2.49. The van der Waals surface area contributed by atoms with Crippen molar-refractivity contribution in [1.82, 2.24) is 20.1 Å². The Kier molecular flexibility index (Phi) is 4.90. The molecule has 26 heavy (non-hydrogen) atoms. The van der Waals surface area contributed by atoms with E-state index in [0.29, 0.717) is 29.0 Å². The number of carbonyl (C=O) groups excluding carboxylic acids is 2. The van der Waals surface area contributed by atoms with E-state index < -0.39 is 17.9 Å². The number of aryl methyl sites for hydroxylation is 2. The van der Waals surface area contributed by atoms with Gasteiger partial charge in [0, 0.05) is 12.4 Å². The van der Waals surface area contributed by atoms with Crippen molar-refractivity contribution < 1.29 is 14.3 Å². The minimum Gasteiger partial charge on any atom is -0.488 e. The fourth-order valence-corrected chi connectivity index (χ4v) is 3.18. The molecule has 0 aliphatic heterocycles. The largest absolute Gasteiger partial charge is 0.488 e. The number of nitrogens with one attached hydrogen (secondary N) is 1. The molecule has 0 saturated carbocycles. The summed E-state index contributed by atoms with van der Waals surface area (Å²) in [6.45, 7) is 3.87. The zero-order chi connectivity index (χ0) is 18.8. The third-order valence-electron chi connectivity index (χ3n) is 4.01. The average Bonchev–Trinajstić information content (AvgIpc) is 3.14. The second-order valence-corrected chi connectivity index (χ2v) is 6.84. The van der Waals surface area contributed by atoms with Crippen LogP contribution in [-0.4, -0.2) is 32.6 Å². The summed E-state index contributed by atoms with van der Waals surface area (Å²) in [5, 5.41) is 7.54. The number of ether oxygens (including phenoxy) is 1. The Hall–Kier alpha value is -2.94. The van der Waals surface area contributed by atoms with Crippen LogP contribution in [0.4, 0.5) is 0 Å². The molecular formula is C17H19N5O3S. The third-order valence-corrected chi connectivity index (χ3v) is 4.92. The lowest BCUT2D eigenvalue weighted by Gasteiger charge is -2.10. The summed E-state index contributed by atoms with van der Waals surface area (Å²) in [5.41, 5.74) is 8.93. The van der Waals surface area contributed by atoms with Gasteiger partial charge in [-0.15, -0.1) is 11.3 Å². The molecule has 0 bridgehead atoms. The van der Waals surface area contributed by atoms with Crippen molar-refractivity contribution in [1.29, 1.82) is 0 Å². The summed E-state index contributed by atoms with van der Waals surface area (Å²) in [6, 6.07) is 4.58. The second-order valence-electron chi connectivity index (χ2n) is 5.90. The SMILES string of the molecule is Cc1ncsc1COc1ccc2nn(C)c(C(=O)N[C@@H](C)C(N)=O)c2c1. The Balaban J connectivity index is 1.87. The lowest BCUT2D eigenvalue weighted by Crippen LogP contribution is -2.42. The van der Waals surface area contributed by atoms with Gasteiger partial charge in [0.1, 0.15) is 24.1 Å². The average molecular weight is 373 g/mol. The lowest BCUT2D eigenvalue weighted by atomic mass is 10.2. The van der Waals surface area contributed by atoms with Gasteiger partial charge in [-0.25, -0.2) is 4.98 Å². The van der Waals surface area contributed by atoms with E-state index in [1.54, 1.807) is 30.8 Å². The zero-order valence-corrected chi connectivity index (χ0v) is 15.5. The van der Waals surface area contributed by atoms with Gasteiger partial charge in [0.25, 0.3) is 5.91 Å². The molecule has 0 spiro atoms. The lowest BCUT2D eigenvalue weighted by molar-refractivity contribution is -0.119. The highest BCUT2D eigenvalue weighted by molar-refractivity contribution is 7.09. The fraction of sp³-hybridized carbons (Fsp3) is 0.294. The normalized spacial score (nSPS) is 12.1. The van der Waals surface area contributed by atoms with Crippen LogP contribution in [0.5, 0.6) is 5.75 Å². The Morgan fingerprint density at radius 1 is 1.42 bits per heavy atom. The number of benzene rings is 1. The Morgan fingerprint density at radius 3 is 2.85 bits per heavy atom. The molecule has 0 aliphatic rings. The van der Waals surface area contributed by atoms with Crippen LogP contribution < -0.4 is 15.8 Å². The van der Waals surface area contributed by atoms with Gasteiger partial charge in [-0.1, -0.05) is 0 Å². The molecule has 0 unspecified atom stereocenters. The first kappa shape index (κ1) is 17.9. The number of carbonyl (C=O) groups is 2. The Bertz CT molecular complexity index is 978. The van der Waals surface area contributed by atoms with Gasteiger partial charge in [0.2, 0.25) is 5.91 Å². The summed E-state index contributed by atoms with van der Waals surface area (Å²) in [5.74, 6) is -0.402.